The van der Waals surface area contributed by atoms with E-state index in [0.29, 0.717) is 35.5 Å². The number of phenolic OH excluding ortho intramolecular Hbond substituents is 2. The first-order chi connectivity index (χ1) is 13.1. The van der Waals surface area contributed by atoms with Gasteiger partial charge in [0.15, 0.2) is 0 Å². The average Bonchev–Trinajstić information content (AvgIpc) is 3.33. The Morgan fingerprint density at radius 3 is 2.59 bits per heavy atom. The Morgan fingerprint density at radius 1 is 1.11 bits per heavy atom. The van der Waals surface area contributed by atoms with Crippen molar-refractivity contribution in [1.29, 1.82) is 0 Å². The number of rotatable bonds is 5. The number of amides is 1. The second-order valence-electron chi connectivity index (χ2n) is 7.13. The summed E-state index contributed by atoms with van der Waals surface area (Å²) in [5, 5.41) is 22.4. The molecular formula is C21H23N3O3. The van der Waals surface area contributed by atoms with E-state index >= 15 is 0 Å². The van der Waals surface area contributed by atoms with Crippen molar-refractivity contribution < 1.29 is 15.0 Å². The Kier molecular flexibility index (Phi) is 4.71. The molecule has 1 aliphatic rings. The lowest BCUT2D eigenvalue weighted by Crippen LogP contribution is -2.25. The molecule has 0 atom stereocenters. The maximum atomic E-state index is 12.7. The highest BCUT2D eigenvalue weighted by atomic mass is 16.3. The van der Waals surface area contributed by atoms with Crippen molar-refractivity contribution in [2.24, 2.45) is 0 Å². The normalized spacial score (nSPS) is 14.7. The fraction of sp³-hybridized carbons (Fsp3) is 0.333. The SMILES string of the molecule is O=C(NCCc1ccc(O)cc1)c1ccc(O)c2nc(C3CCCC3)[nH]c12. The van der Waals surface area contributed by atoms with Crippen LogP contribution in [0.4, 0.5) is 0 Å². The van der Waals surface area contributed by atoms with Crippen molar-refractivity contribution in [2.75, 3.05) is 6.54 Å². The smallest absolute Gasteiger partial charge is 0.253 e. The molecule has 4 N–H and O–H groups in total. The van der Waals surface area contributed by atoms with Crippen LogP contribution in [0.5, 0.6) is 11.5 Å². The van der Waals surface area contributed by atoms with Crippen LogP contribution in [0.1, 0.15) is 53.3 Å². The molecule has 140 valence electrons. The van der Waals surface area contributed by atoms with Gasteiger partial charge in [-0.2, -0.15) is 0 Å². The van der Waals surface area contributed by atoms with Crippen LogP contribution >= 0.6 is 0 Å². The standard InChI is InChI=1S/C21H23N3O3/c25-15-7-5-13(6-8-15)11-12-22-21(27)16-9-10-17(26)19-18(16)23-20(24-19)14-3-1-2-4-14/h5-10,14,25-26H,1-4,11-12H2,(H,22,27)(H,23,24). The van der Waals surface area contributed by atoms with E-state index in [0.717, 1.165) is 24.2 Å². The number of fused-ring (bicyclic) bond motifs is 1. The zero-order chi connectivity index (χ0) is 18.8. The molecule has 0 spiro atoms. The molecule has 0 bridgehead atoms. The van der Waals surface area contributed by atoms with Gasteiger partial charge in [0.2, 0.25) is 0 Å². The zero-order valence-corrected chi connectivity index (χ0v) is 15.0. The van der Waals surface area contributed by atoms with Crippen molar-refractivity contribution in [3.8, 4) is 11.5 Å². The average molecular weight is 365 g/mol. The fourth-order valence-electron chi connectivity index (χ4n) is 3.76. The Morgan fingerprint density at radius 2 is 1.85 bits per heavy atom. The van der Waals surface area contributed by atoms with E-state index in [1.807, 2.05) is 12.1 Å². The van der Waals surface area contributed by atoms with Gasteiger partial charge in [0, 0.05) is 12.5 Å². The van der Waals surface area contributed by atoms with Gasteiger partial charge in [-0.1, -0.05) is 25.0 Å². The number of carbonyl (C=O) groups is 1. The second kappa shape index (κ2) is 7.31. The van der Waals surface area contributed by atoms with E-state index in [9.17, 15) is 15.0 Å². The number of phenols is 2. The molecule has 1 amide bonds. The number of nitrogens with one attached hydrogen (secondary N) is 2. The molecule has 6 heteroatoms. The predicted octanol–water partition coefficient (Wildman–Crippen LogP) is 3.60. The Balaban J connectivity index is 1.50. The number of carbonyl (C=O) groups excluding carboxylic acids is 1. The molecule has 2 aromatic carbocycles. The number of aromatic nitrogens is 2. The summed E-state index contributed by atoms with van der Waals surface area (Å²) in [6.07, 6.45) is 5.24. The van der Waals surface area contributed by atoms with Gasteiger partial charge in [0.1, 0.15) is 22.8 Å². The Bertz CT molecular complexity index is 957. The number of hydrogen-bond acceptors (Lipinski definition) is 4. The molecule has 1 fully saturated rings. The van der Waals surface area contributed by atoms with Gasteiger partial charge < -0.3 is 20.5 Å². The summed E-state index contributed by atoms with van der Waals surface area (Å²) in [7, 11) is 0. The van der Waals surface area contributed by atoms with E-state index in [-0.39, 0.29) is 17.4 Å². The largest absolute Gasteiger partial charge is 0.508 e. The van der Waals surface area contributed by atoms with E-state index in [2.05, 4.69) is 15.3 Å². The van der Waals surface area contributed by atoms with Gasteiger partial charge in [-0.3, -0.25) is 4.79 Å². The van der Waals surface area contributed by atoms with Crippen LogP contribution in [-0.2, 0) is 6.42 Å². The maximum absolute atomic E-state index is 12.7. The molecule has 3 aromatic rings. The molecule has 0 unspecified atom stereocenters. The first kappa shape index (κ1) is 17.4. The van der Waals surface area contributed by atoms with E-state index in [1.165, 1.54) is 18.9 Å². The van der Waals surface area contributed by atoms with Gasteiger partial charge in [0.25, 0.3) is 5.91 Å². The van der Waals surface area contributed by atoms with Crippen LogP contribution in [0.25, 0.3) is 11.0 Å². The molecule has 0 saturated heterocycles. The van der Waals surface area contributed by atoms with E-state index < -0.39 is 0 Å². The quantitative estimate of drug-likeness (QED) is 0.555. The number of aromatic amines is 1. The molecule has 1 aliphatic carbocycles. The first-order valence-corrected chi connectivity index (χ1v) is 9.39. The van der Waals surface area contributed by atoms with Crippen LogP contribution in [-0.4, -0.2) is 32.6 Å². The van der Waals surface area contributed by atoms with Crippen LogP contribution in [0.15, 0.2) is 36.4 Å². The van der Waals surface area contributed by atoms with Crippen LogP contribution in [0.3, 0.4) is 0 Å². The second-order valence-corrected chi connectivity index (χ2v) is 7.13. The fourth-order valence-corrected chi connectivity index (χ4v) is 3.76. The van der Waals surface area contributed by atoms with Gasteiger partial charge in [-0.25, -0.2) is 4.98 Å². The predicted molar refractivity (Wildman–Crippen MR) is 103 cm³/mol. The van der Waals surface area contributed by atoms with Gasteiger partial charge in [-0.05, 0) is 49.1 Å². The summed E-state index contributed by atoms with van der Waals surface area (Å²) in [5.74, 6) is 1.36. The maximum Gasteiger partial charge on any atom is 0.253 e. The minimum Gasteiger partial charge on any atom is -0.508 e. The van der Waals surface area contributed by atoms with Gasteiger partial charge >= 0.3 is 0 Å². The lowest BCUT2D eigenvalue weighted by molar-refractivity contribution is 0.0955. The Hall–Kier alpha value is -3.02. The highest BCUT2D eigenvalue weighted by Crippen LogP contribution is 2.35. The van der Waals surface area contributed by atoms with Crippen LogP contribution < -0.4 is 5.32 Å². The monoisotopic (exact) mass is 365 g/mol. The molecule has 1 saturated carbocycles. The first-order valence-electron chi connectivity index (χ1n) is 9.39. The number of hydrogen-bond donors (Lipinski definition) is 4. The molecule has 1 heterocycles. The molecule has 0 radical (unpaired) electrons. The number of H-pyrrole nitrogens is 1. The van der Waals surface area contributed by atoms with Crippen LogP contribution in [0.2, 0.25) is 0 Å². The summed E-state index contributed by atoms with van der Waals surface area (Å²) in [5.41, 5.74) is 2.58. The summed E-state index contributed by atoms with van der Waals surface area (Å²) in [4.78, 5) is 20.5. The minimum absolute atomic E-state index is 0.0890. The van der Waals surface area contributed by atoms with Crippen molar-refractivity contribution in [1.82, 2.24) is 15.3 Å². The number of aromatic hydroxyl groups is 2. The number of imidazole rings is 1. The van der Waals surface area contributed by atoms with Crippen molar-refractivity contribution in [2.45, 2.75) is 38.0 Å². The summed E-state index contributed by atoms with van der Waals surface area (Å²) < 4.78 is 0. The topological polar surface area (TPSA) is 98.2 Å². The van der Waals surface area contributed by atoms with Crippen LogP contribution in [0, 0.1) is 0 Å². The highest BCUT2D eigenvalue weighted by Gasteiger charge is 2.23. The highest BCUT2D eigenvalue weighted by molar-refractivity contribution is 6.06. The lowest BCUT2D eigenvalue weighted by Gasteiger charge is -2.07. The minimum atomic E-state index is -0.194. The van der Waals surface area contributed by atoms with E-state index in [4.69, 9.17) is 0 Å². The summed E-state index contributed by atoms with van der Waals surface area (Å²) in [6, 6.07) is 10.1. The third-order valence-electron chi connectivity index (χ3n) is 5.26. The number of nitrogens with zero attached hydrogens (tertiary/aromatic N) is 1. The third kappa shape index (κ3) is 3.60. The van der Waals surface area contributed by atoms with Crippen molar-refractivity contribution in [3.63, 3.8) is 0 Å². The van der Waals surface area contributed by atoms with E-state index in [1.54, 1.807) is 18.2 Å². The van der Waals surface area contributed by atoms with Crippen molar-refractivity contribution >= 4 is 16.9 Å². The molecule has 0 aliphatic heterocycles. The number of benzene rings is 2. The zero-order valence-electron chi connectivity index (χ0n) is 15.0. The molecule has 4 rings (SSSR count). The van der Waals surface area contributed by atoms with Gasteiger partial charge in [0.05, 0.1) is 11.1 Å². The lowest BCUT2D eigenvalue weighted by atomic mass is 10.1. The molecule has 1 aromatic heterocycles. The van der Waals surface area contributed by atoms with Gasteiger partial charge in [-0.15, -0.1) is 0 Å². The molecule has 27 heavy (non-hydrogen) atoms. The summed E-state index contributed by atoms with van der Waals surface area (Å²) in [6.45, 7) is 0.482. The Labute approximate surface area is 157 Å². The van der Waals surface area contributed by atoms with Crippen molar-refractivity contribution in [3.05, 3.63) is 53.3 Å². The third-order valence-corrected chi connectivity index (χ3v) is 5.26. The summed E-state index contributed by atoms with van der Waals surface area (Å²) >= 11 is 0. The molecule has 6 nitrogen and oxygen atoms in total. The molecular weight excluding hydrogens is 342 g/mol.